The zero-order chi connectivity index (χ0) is 20.5. The second kappa shape index (κ2) is 7.41. The van der Waals surface area contributed by atoms with Crippen molar-refractivity contribution in [3.8, 4) is 11.4 Å². The smallest absolute Gasteiger partial charge is 0.304 e. The summed E-state index contributed by atoms with van der Waals surface area (Å²) in [5.41, 5.74) is 8.11. The normalized spacial score (nSPS) is 11.6. The number of sulfonamides is 1. The number of imidazole rings is 1. The number of aryl methyl sites for hydroxylation is 1. The summed E-state index contributed by atoms with van der Waals surface area (Å²) in [6, 6.07) is 11.6. The number of nitrogens with zero attached hydrogens (tertiary/aromatic N) is 2. The van der Waals surface area contributed by atoms with Crippen LogP contribution in [0.1, 0.15) is 12.0 Å². The second-order valence-electron chi connectivity index (χ2n) is 6.18. The number of amidine groups is 1. The van der Waals surface area contributed by atoms with Gasteiger partial charge in [0, 0.05) is 24.7 Å². The summed E-state index contributed by atoms with van der Waals surface area (Å²) in [7, 11) is -2.01. The molecule has 0 radical (unpaired) electrons. The standard InChI is InChI=1S/C18H19N5O4S/c1-23-15-7-6-13(28(26,27)21-9-8-16(24)25)10-14(15)22-18(23)12-4-2-11(3-5-12)17(19)20/h2-7,10,21H,8-9H2,1H3,(H3,19,20)(H,24,25). The SMILES string of the molecule is Cn1c(-c2ccc(C(=N)N)cc2)nc2cc(S(=O)(=O)NCCC(=O)O)ccc21. The average Bonchev–Trinajstić information content (AvgIpc) is 2.97. The first-order valence-electron chi connectivity index (χ1n) is 8.32. The van der Waals surface area contributed by atoms with E-state index in [1.807, 2.05) is 11.6 Å². The topological polar surface area (TPSA) is 151 Å². The number of carboxylic acid groups (broad SMARTS) is 1. The molecule has 0 amide bonds. The van der Waals surface area contributed by atoms with Gasteiger partial charge in [0.1, 0.15) is 11.7 Å². The lowest BCUT2D eigenvalue weighted by molar-refractivity contribution is -0.136. The molecule has 0 aliphatic rings. The Morgan fingerprint density at radius 2 is 1.93 bits per heavy atom. The molecule has 146 valence electrons. The van der Waals surface area contributed by atoms with Crippen LogP contribution in [-0.4, -0.2) is 41.4 Å². The van der Waals surface area contributed by atoms with Crippen molar-refractivity contribution in [1.29, 1.82) is 5.41 Å². The van der Waals surface area contributed by atoms with E-state index in [0.29, 0.717) is 16.9 Å². The minimum absolute atomic E-state index is 0.0157. The molecule has 0 bridgehead atoms. The zero-order valence-corrected chi connectivity index (χ0v) is 15.8. The van der Waals surface area contributed by atoms with E-state index in [9.17, 15) is 13.2 Å². The average molecular weight is 401 g/mol. The molecule has 9 nitrogen and oxygen atoms in total. The van der Waals surface area contributed by atoms with Crippen LogP contribution < -0.4 is 10.5 Å². The number of carbonyl (C=O) groups is 1. The van der Waals surface area contributed by atoms with Crippen LogP contribution in [0.25, 0.3) is 22.4 Å². The number of aliphatic carboxylic acids is 1. The van der Waals surface area contributed by atoms with Crippen LogP contribution in [0.4, 0.5) is 0 Å². The van der Waals surface area contributed by atoms with Gasteiger partial charge in [-0.1, -0.05) is 24.3 Å². The first-order valence-corrected chi connectivity index (χ1v) is 9.80. The van der Waals surface area contributed by atoms with Gasteiger partial charge in [0.25, 0.3) is 0 Å². The van der Waals surface area contributed by atoms with Crippen molar-refractivity contribution in [2.75, 3.05) is 6.54 Å². The highest BCUT2D eigenvalue weighted by molar-refractivity contribution is 7.89. The van der Waals surface area contributed by atoms with E-state index in [-0.39, 0.29) is 23.7 Å². The van der Waals surface area contributed by atoms with Crippen molar-refractivity contribution >= 4 is 32.9 Å². The van der Waals surface area contributed by atoms with Crippen LogP contribution in [0.5, 0.6) is 0 Å². The van der Waals surface area contributed by atoms with Crippen LogP contribution in [0.2, 0.25) is 0 Å². The number of nitrogens with one attached hydrogen (secondary N) is 2. The Balaban J connectivity index is 1.95. The van der Waals surface area contributed by atoms with Crippen LogP contribution in [-0.2, 0) is 21.9 Å². The fourth-order valence-corrected chi connectivity index (χ4v) is 3.83. The largest absolute Gasteiger partial charge is 0.481 e. The van der Waals surface area contributed by atoms with Crippen molar-refractivity contribution < 1.29 is 18.3 Å². The zero-order valence-electron chi connectivity index (χ0n) is 15.0. The van der Waals surface area contributed by atoms with Gasteiger partial charge in [0.15, 0.2) is 0 Å². The van der Waals surface area contributed by atoms with Crippen LogP contribution in [0.15, 0.2) is 47.4 Å². The third kappa shape index (κ3) is 3.87. The maximum absolute atomic E-state index is 12.3. The quantitative estimate of drug-likeness (QED) is 0.346. The molecular formula is C18H19N5O4S. The fourth-order valence-electron chi connectivity index (χ4n) is 2.78. The molecule has 3 rings (SSSR count). The number of carboxylic acids is 1. The fraction of sp³-hybridized carbons (Fsp3) is 0.167. The first-order chi connectivity index (χ1) is 13.2. The van der Waals surface area contributed by atoms with Gasteiger partial charge in [-0.15, -0.1) is 0 Å². The van der Waals surface area contributed by atoms with E-state index in [1.54, 1.807) is 30.3 Å². The number of hydrogen-bond acceptors (Lipinski definition) is 5. The van der Waals surface area contributed by atoms with Gasteiger partial charge in [-0.2, -0.15) is 0 Å². The number of nitrogens with two attached hydrogens (primary N) is 1. The number of rotatable bonds is 7. The van der Waals surface area contributed by atoms with E-state index in [4.69, 9.17) is 16.2 Å². The predicted octanol–water partition coefficient (Wildman–Crippen LogP) is 1.28. The lowest BCUT2D eigenvalue weighted by atomic mass is 10.1. The molecule has 3 aromatic rings. The molecule has 0 spiro atoms. The molecule has 5 N–H and O–H groups in total. The molecule has 0 saturated carbocycles. The number of benzene rings is 2. The highest BCUT2D eigenvalue weighted by Crippen LogP contribution is 2.26. The molecule has 28 heavy (non-hydrogen) atoms. The van der Waals surface area contributed by atoms with Gasteiger partial charge in [-0.25, -0.2) is 18.1 Å². The summed E-state index contributed by atoms with van der Waals surface area (Å²) in [6.07, 6.45) is -0.300. The Kier molecular flexibility index (Phi) is 5.16. The minimum Gasteiger partial charge on any atom is -0.481 e. The van der Waals surface area contributed by atoms with Crippen molar-refractivity contribution in [1.82, 2.24) is 14.3 Å². The number of fused-ring (bicyclic) bond motifs is 1. The van der Waals surface area contributed by atoms with Gasteiger partial charge in [0.05, 0.1) is 22.3 Å². The monoisotopic (exact) mass is 401 g/mol. The molecule has 1 aromatic heterocycles. The van der Waals surface area contributed by atoms with Crippen molar-refractivity contribution in [3.05, 3.63) is 48.0 Å². The summed E-state index contributed by atoms with van der Waals surface area (Å²) < 4.78 is 28.8. The Bertz CT molecular complexity index is 1170. The second-order valence-corrected chi connectivity index (χ2v) is 7.94. The van der Waals surface area contributed by atoms with Gasteiger partial charge in [-0.3, -0.25) is 10.2 Å². The number of nitrogen functional groups attached to an aromatic ring is 1. The summed E-state index contributed by atoms with van der Waals surface area (Å²) in [5, 5.41) is 16.1. The Morgan fingerprint density at radius 3 is 2.54 bits per heavy atom. The molecule has 0 aliphatic carbocycles. The molecule has 2 aromatic carbocycles. The Labute approximate surface area is 161 Å². The summed E-state index contributed by atoms with van der Waals surface area (Å²) in [5.74, 6) is -0.469. The van der Waals surface area contributed by atoms with E-state index >= 15 is 0 Å². The summed E-state index contributed by atoms with van der Waals surface area (Å²) >= 11 is 0. The van der Waals surface area contributed by atoms with Crippen LogP contribution >= 0.6 is 0 Å². The highest BCUT2D eigenvalue weighted by Gasteiger charge is 2.17. The third-order valence-electron chi connectivity index (χ3n) is 4.25. The van der Waals surface area contributed by atoms with Gasteiger partial charge in [0.2, 0.25) is 10.0 Å². The predicted molar refractivity (Wildman–Crippen MR) is 105 cm³/mol. The van der Waals surface area contributed by atoms with E-state index < -0.39 is 16.0 Å². The van der Waals surface area contributed by atoms with E-state index in [0.717, 1.165) is 11.1 Å². The summed E-state index contributed by atoms with van der Waals surface area (Å²) in [6.45, 7) is -0.189. The maximum atomic E-state index is 12.3. The first kappa shape index (κ1) is 19.5. The number of aromatic nitrogens is 2. The molecule has 10 heteroatoms. The van der Waals surface area contributed by atoms with Crippen molar-refractivity contribution in [2.24, 2.45) is 12.8 Å². The lowest BCUT2D eigenvalue weighted by Gasteiger charge is -2.06. The van der Waals surface area contributed by atoms with Gasteiger partial charge < -0.3 is 15.4 Å². The van der Waals surface area contributed by atoms with Crippen LogP contribution in [0, 0.1) is 5.41 Å². The molecule has 0 fully saturated rings. The van der Waals surface area contributed by atoms with Crippen molar-refractivity contribution in [2.45, 2.75) is 11.3 Å². The maximum Gasteiger partial charge on any atom is 0.304 e. The van der Waals surface area contributed by atoms with Crippen molar-refractivity contribution in [3.63, 3.8) is 0 Å². The number of hydrogen-bond donors (Lipinski definition) is 4. The molecule has 1 heterocycles. The molecular weight excluding hydrogens is 382 g/mol. The lowest BCUT2D eigenvalue weighted by Crippen LogP contribution is -2.26. The molecule has 0 unspecified atom stereocenters. The van der Waals surface area contributed by atoms with E-state index in [1.165, 1.54) is 12.1 Å². The molecule has 0 aliphatic heterocycles. The summed E-state index contributed by atoms with van der Waals surface area (Å²) in [4.78, 5) is 15.1. The minimum atomic E-state index is -3.83. The van der Waals surface area contributed by atoms with Gasteiger partial charge >= 0.3 is 5.97 Å². The van der Waals surface area contributed by atoms with Crippen LogP contribution in [0.3, 0.4) is 0 Å². The Hall–Kier alpha value is -3.24. The molecule has 0 saturated heterocycles. The highest BCUT2D eigenvalue weighted by atomic mass is 32.2. The van der Waals surface area contributed by atoms with Gasteiger partial charge in [-0.05, 0) is 18.2 Å². The third-order valence-corrected chi connectivity index (χ3v) is 5.71. The Morgan fingerprint density at radius 1 is 1.25 bits per heavy atom. The van der Waals surface area contributed by atoms with E-state index in [2.05, 4.69) is 9.71 Å². The molecule has 0 atom stereocenters.